The van der Waals surface area contributed by atoms with Crippen LogP contribution in [0, 0.1) is 0 Å². The number of hydrogen-bond donors (Lipinski definition) is 2. The van der Waals surface area contributed by atoms with Crippen LogP contribution in [0.3, 0.4) is 0 Å². The van der Waals surface area contributed by atoms with Gasteiger partial charge in [-0.05, 0) is 6.08 Å². The lowest BCUT2D eigenvalue weighted by Crippen LogP contribution is -2.38. The number of thiol groups is 2. The summed E-state index contributed by atoms with van der Waals surface area (Å²) in [5.41, 5.74) is -0.509. The number of nitrogens with zero attached hydrogens (tertiary/aromatic N) is 1. The predicted octanol–water partition coefficient (Wildman–Crippen LogP) is 1.54. The summed E-state index contributed by atoms with van der Waals surface area (Å²) in [6, 6.07) is 0. The molecule has 1 heterocycles. The van der Waals surface area contributed by atoms with Gasteiger partial charge in [-0.25, -0.2) is 0 Å². The lowest BCUT2D eigenvalue weighted by atomic mass is 10.1. The van der Waals surface area contributed by atoms with Crippen molar-refractivity contribution in [1.29, 1.82) is 0 Å². The Bertz CT molecular complexity index is 401. The minimum absolute atomic E-state index is 0.0695. The van der Waals surface area contributed by atoms with E-state index in [9.17, 15) is 22.8 Å². The fourth-order valence-corrected chi connectivity index (χ4v) is 1.33. The second kappa shape index (κ2) is 4.54. The number of halogens is 3. The van der Waals surface area contributed by atoms with Crippen molar-refractivity contribution in [2.24, 2.45) is 0 Å². The summed E-state index contributed by atoms with van der Waals surface area (Å²) in [6.45, 7) is -0.656. The van der Waals surface area contributed by atoms with Crippen molar-refractivity contribution in [2.75, 3.05) is 6.54 Å². The number of hydrogen-bond acceptors (Lipinski definition) is 3. The second-order valence-electron chi connectivity index (χ2n) is 2.96. The lowest BCUT2D eigenvalue weighted by Gasteiger charge is -2.27. The summed E-state index contributed by atoms with van der Waals surface area (Å²) in [5, 5.41) is -1.66. The van der Waals surface area contributed by atoms with Gasteiger partial charge in [-0.15, -0.1) is 25.3 Å². The Labute approximate surface area is 99.8 Å². The molecule has 0 spiro atoms. The predicted molar refractivity (Wildman–Crippen MR) is 56.9 cm³/mol. The van der Waals surface area contributed by atoms with Crippen LogP contribution in [0.5, 0.6) is 0 Å². The van der Waals surface area contributed by atoms with Crippen LogP contribution < -0.4 is 0 Å². The third-order valence-electron chi connectivity index (χ3n) is 1.81. The summed E-state index contributed by atoms with van der Waals surface area (Å²) in [4.78, 5) is 21.7. The van der Waals surface area contributed by atoms with E-state index >= 15 is 0 Å². The number of rotatable bonds is 2. The van der Waals surface area contributed by atoms with Crippen LogP contribution in [-0.2, 0) is 9.59 Å². The molecule has 0 bridgehead atoms. The van der Waals surface area contributed by atoms with Crippen LogP contribution in [0.4, 0.5) is 13.2 Å². The van der Waals surface area contributed by atoms with Crippen LogP contribution >= 0.6 is 25.3 Å². The van der Waals surface area contributed by atoms with Crippen molar-refractivity contribution in [3.05, 3.63) is 23.4 Å². The summed E-state index contributed by atoms with van der Waals surface area (Å²) >= 11 is 6.83. The highest BCUT2D eigenvalue weighted by Crippen LogP contribution is 2.28. The van der Waals surface area contributed by atoms with E-state index in [-0.39, 0.29) is 16.0 Å². The van der Waals surface area contributed by atoms with E-state index < -0.39 is 23.1 Å². The van der Waals surface area contributed by atoms with E-state index in [4.69, 9.17) is 0 Å². The number of carbonyl (C=O) groups is 2. The van der Waals surface area contributed by atoms with Gasteiger partial charge in [-0.3, -0.25) is 14.5 Å². The molecule has 88 valence electrons. The maximum atomic E-state index is 12.4. The second-order valence-corrected chi connectivity index (χ2v) is 3.77. The monoisotopic (exact) mass is 269 g/mol. The first kappa shape index (κ1) is 13.2. The van der Waals surface area contributed by atoms with E-state index in [0.717, 1.165) is 6.08 Å². The molecular formula is C8H6F3NO2S2. The Morgan fingerprint density at radius 2 is 1.81 bits per heavy atom. The molecule has 0 fully saturated rings. The summed E-state index contributed by atoms with van der Waals surface area (Å²) in [6.07, 6.45) is -3.00. The average molecular weight is 269 g/mol. The van der Waals surface area contributed by atoms with Crippen molar-refractivity contribution in [3.8, 4) is 0 Å². The standard InChI is InChI=1S/C8H6F3NO2S2/c9-8(10,11)12-2-4(6(13)15)1-5(3-12)7(14)16/h1-2H,3H2,(H,13,15)(H,14,16). The zero-order valence-corrected chi connectivity index (χ0v) is 9.44. The van der Waals surface area contributed by atoms with E-state index in [0.29, 0.717) is 6.20 Å². The maximum absolute atomic E-state index is 12.4. The van der Waals surface area contributed by atoms with Gasteiger partial charge >= 0.3 is 6.30 Å². The highest BCUT2D eigenvalue weighted by Gasteiger charge is 2.38. The number of carbonyl (C=O) groups excluding carboxylic acids is 2. The first-order valence-corrected chi connectivity index (χ1v) is 4.83. The Morgan fingerprint density at radius 3 is 2.19 bits per heavy atom. The van der Waals surface area contributed by atoms with Crippen molar-refractivity contribution >= 4 is 35.5 Å². The largest absolute Gasteiger partial charge is 0.484 e. The number of allylic oxidation sites excluding steroid dienone is 1. The zero-order chi connectivity index (χ0) is 12.5. The van der Waals surface area contributed by atoms with Crippen LogP contribution in [-0.4, -0.2) is 28.0 Å². The molecule has 0 aliphatic carbocycles. The fraction of sp³-hybridized carbons (Fsp3) is 0.250. The molecule has 1 aliphatic rings. The Kier molecular flexibility index (Phi) is 3.74. The SMILES string of the molecule is O=C(S)C1=CN(C(F)(F)F)CC(C(=O)S)=C1. The summed E-state index contributed by atoms with van der Waals surface area (Å²) in [5.74, 6) is 0. The first-order valence-electron chi connectivity index (χ1n) is 3.94. The van der Waals surface area contributed by atoms with Gasteiger partial charge in [0.15, 0.2) is 0 Å². The molecule has 3 nitrogen and oxygen atoms in total. The third kappa shape index (κ3) is 3.05. The van der Waals surface area contributed by atoms with Gasteiger partial charge in [0.2, 0.25) is 10.2 Å². The smallest absolute Gasteiger partial charge is 0.285 e. The summed E-state index contributed by atoms with van der Waals surface area (Å²) < 4.78 is 37.2. The number of alkyl halides is 3. The topological polar surface area (TPSA) is 37.4 Å². The molecule has 0 saturated carbocycles. The van der Waals surface area contributed by atoms with Crippen molar-refractivity contribution < 1.29 is 22.8 Å². The minimum Gasteiger partial charge on any atom is -0.285 e. The Morgan fingerprint density at radius 1 is 1.25 bits per heavy atom. The molecule has 0 aromatic carbocycles. The molecule has 1 rings (SSSR count). The van der Waals surface area contributed by atoms with Gasteiger partial charge < -0.3 is 0 Å². The molecule has 0 aromatic heterocycles. The van der Waals surface area contributed by atoms with Crippen LogP contribution in [0.2, 0.25) is 0 Å². The molecule has 0 saturated heterocycles. The van der Waals surface area contributed by atoms with E-state index in [2.05, 4.69) is 25.3 Å². The highest BCUT2D eigenvalue weighted by atomic mass is 32.1. The lowest BCUT2D eigenvalue weighted by molar-refractivity contribution is -0.225. The van der Waals surface area contributed by atoms with Crippen molar-refractivity contribution in [2.45, 2.75) is 6.30 Å². The van der Waals surface area contributed by atoms with Crippen LogP contribution in [0.1, 0.15) is 0 Å². The van der Waals surface area contributed by atoms with Gasteiger partial charge in [0.05, 0.1) is 6.54 Å². The van der Waals surface area contributed by atoms with Crippen LogP contribution in [0.15, 0.2) is 23.4 Å². The quantitative estimate of drug-likeness (QED) is 0.590. The molecular weight excluding hydrogens is 263 g/mol. The average Bonchev–Trinajstić information content (AvgIpc) is 2.15. The molecule has 8 heteroatoms. The zero-order valence-electron chi connectivity index (χ0n) is 7.65. The molecule has 16 heavy (non-hydrogen) atoms. The van der Waals surface area contributed by atoms with E-state index in [1.54, 1.807) is 0 Å². The van der Waals surface area contributed by atoms with Gasteiger partial charge in [0.25, 0.3) is 0 Å². The minimum atomic E-state index is -4.66. The first-order chi connectivity index (χ1) is 7.21. The molecule has 1 aliphatic heterocycles. The highest BCUT2D eigenvalue weighted by molar-refractivity contribution is 7.97. The Balaban J connectivity index is 3.10. The van der Waals surface area contributed by atoms with E-state index in [1.165, 1.54) is 0 Å². The fourth-order valence-electron chi connectivity index (χ4n) is 1.08. The van der Waals surface area contributed by atoms with Crippen molar-refractivity contribution in [1.82, 2.24) is 4.90 Å². The molecule has 0 aromatic rings. The molecule has 0 unspecified atom stereocenters. The molecule has 0 amide bonds. The van der Waals surface area contributed by atoms with Gasteiger partial charge in [0, 0.05) is 17.3 Å². The summed E-state index contributed by atoms with van der Waals surface area (Å²) in [7, 11) is 0. The van der Waals surface area contributed by atoms with Gasteiger partial charge in [-0.2, -0.15) is 13.2 Å². The third-order valence-corrected chi connectivity index (χ3v) is 2.36. The van der Waals surface area contributed by atoms with Gasteiger partial charge in [0.1, 0.15) is 0 Å². The van der Waals surface area contributed by atoms with Gasteiger partial charge in [-0.1, -0.05) is 0 Å². The van der Waals surface area contributed by atoms with Crippen molar-refractivity contribution in [3.63, 3.8) is 0 Å². The Hall–Kier alpha value is -0.890. The maximum Gasteiger partial charge on any atom is 0.484 e. The van der Waals surface area contributed by atoms with Crippen LogP contribution in [0.25, 0.3) is 0 Å². The molecule has 0 radical (unpaired) electrons. The van der Waals surface area contributed by atoms with E-state index in [1.807, 2.05) is 0 Å². The molecule has 0 atom stereocenters. The normalized spacial score (nSPS) is 16.7. The molecule has 0 N–H and O–H groups in total.